The smallest absolute Gasteiger partial charge is 0.303 e. The van der Waals surface area contributed by atoms with Crippen LogP contribution in [0.3, 0.4) is 0 Å². The van der Waals surface area contributed by atoms with Gasteiger partial charge in [0.15, 0.2) is 0 Å². The van der Waals surface area contributed by atoms with Gasteiger partial charge in [0.2, 0.25) is 11.8 Å². The van der Waals surface area contributed by atoms with Crippen molar-refractivity contribution in [3.63, 3.8) is 0 Å². The fraction of sp³-hybridized carbons (Fsp3) is 0.833. The molecule has 2 amide bonds. The molecule has 0 aliphatic carbocycles. The molecule has 0 aromatic rings. The summed E-state index contributed by atoms with van der Waals surface area (Å²) in [7, 11) is 0. The van der Waals surface area contributed by atoms with Crippen LogP contribution in [0.1, 0.15) is 89.9 Å². The van der Waals surface area contributed by atoms with Crippen molar-refractivity contribution < 1.29 is 29.4 Å². The van der Waals surface area contributed by atoms with Gasteiger partial charge in [-0.3, -0.25) is 24.5 Å². The lowest BCUT2D eigenvalue weighted by Gasteiger charge is -2.17. The quantitative estimate of drug-likeness (QED) is 0.110. The monoisotopic (exact) mass is 486 g/mol. The van der Waals surface area contributed by atoms with Gasteiger partial charge in [-0.15, -0.1) is 0 Å². The molecule has 0 saturated heterocycles. The van der Waals surface area contributed by atoms with Crippen LogP contribution in [0.15, 0.2) is 0 Å². The van der Waals surface area contributed by atoms with Gasteiger partial charge in [0, 0.05) is 25.3 Å². The minimum absolute atomic E-state index is 0.0414. The number of aliphatic hydroxyl groups is 1. The van der Waals surface area contributed by atoms with E-state index in [1.165, 1.54) is 0 Å². The van der Waals surface area contributed by atoms with Gasteiger partial charge in [0.1, 0.15) is 11.8 Å². The average Bonchev–Trinajstić information content (AvgIpc) is 2.79. The molecular formula is C24H46N4O6. The van der Waals surface area contributed by atoms with E-state index < -0.39 is 24.5 Å². The molecule has 0 heterocycles. The number of ketones is 1. The Morgan fingerprint density at radius 2 is 1.38 bits per heavy atom. The Hall–Kier alpha value is -2.04. The molecule has 34 heavy (non-hydrogen) atoms. The van der Waals surface area contributed by atoms with Crippen molar-refractivity contribution in [2.24, 2.45) is 17.4 Å². The molecule has 0 spiro atoms. The van der Waals surface area contributed by atoms with Crippen molar-refractivity contribution in [1.29, 1.82) is 0 Å². The number of carboxylic acids is 1. The number of amides is 2. The second kappa shape index (κ2) is 21.5. The summed E-state index contributed by atoms with van der Waals surface area (Å²) in [5, 5.41) is 23.3. The minimum Gasteiger partial charge on any atom is -0.481 e. The summed E-state index contributed by atoms with van der Waals surface area (Å²) in [5.41, 5.74) is 10.8. The maximum absolute atomic E-state index is 12.4. The summed E-state index contributed by atoms with van der Waals surface area (Å²) in [4.78, 5) is 45.9. The molecule has 0 aromatic carbocycles. The van der Waals surface area contributed by atoms with Crippen molar-refractivity contribution in [2.75, 3.05) is 26.2 Å². The van der Waals surface area contributed by atoms with Crippen LogP contribution in [0.4, 0.5) is 0 Å². The number of carbonyl (C=O) groups excluding carboxylic acids is 3. The number of hydrogen-bond donors (Lipinski definition) is 6. The van der Waals surface area contributed by atoms with Gasteiger partial charge >= 0.3 is 5.97 Å². The van der Waals surface area contributed by atoms with E-state index in [2.05, 4.69) is 10.6 Å². The van der Waals surface area contributed by atoms with Crippen LogP contribution >= 0.6 is 0 Å². The Morgan fingerprint density at radius 1 is 0.794 bits per heavy atom. The summed E-state index contributed by atoms with van der Waals surface area (Å²) in [6.45, 7) is 0.461. The number of rotatable bonds is 24. The Balaban J connectivity index is 3.78. The highest BCUT2D eigenvalue weighted by molar-refractivity contribution is 5.85. The first kappa shape index (κ1) is 32.0. The Morgan fingerprint density at radius 3 is 1.91 bits per heavy atom. The third kappa shape index (κ3) is 18.4. The molecule has 0 aliphatic rings. The van der Waals surface area contributed by atoms with Crippen LogP contribution in [-0.4, -0.2) is 66.1 Å². The van der Waals surface area contributed by atoms with Crippen LogP contribution in [-0.2, 0) is 19.2 Å². The molecule has 10 heteroatoms. The lowest BCUT2D eigenvalue weighted by atomic mass is 9.93. The summed E-state index contributed by atoms with van der Waals surface area (Å²) in [6.07, 6.45) is 11.5. The van der Waals surface area contributed by atoms with E-state index in [1.54, 1.807) is 0 Å². The fourth-order valence-electron chi connectivity index (χ4n) is 3.75. The maximum Gasteiger partial charge on any atom is 0.303 e. The molecule has 0 rings (SSSR count). The summed E-state index contributed by atoms with van der Waals surface area (Å²) >= 11 is 0. The topological polar surface area (TPSA) is 185 Å². The molecule has 2 atom stereocenters. The third-order valence-corrected chi connectivity index (χ3v) is 5.87. The molecule has 8 N–H and O–H groups in total. The Labute approximate surface area is 203 Å². The zero-order valence-electron chi connectivity index (χ0n) is 20.6. The second-order valence-electron chi connectivity index (χ2n) is 8.83. The summed E-state index contributed by atoms with van der Waals surface area (Å²) < 4.78 is 0. The van der Waals surface area contributed by atoms with Gasteiger partial charge in [0.25, 0.3) is 0 Å². The van der Waals surface area contributed by atoms with Gasteiger partial charge in [-0.25, -0.2) is 0 Å². The van der Waals surface area contributed by atoms with E-state index in [1.807, 2.05) is 0 Å². The second-order valence-corrected chi connectivity index (χ2v) is 8.83. The highest BCUT2D eigenvalue weighted by atomic mass is 16.4. The van der Waals surface area contributed by atoms with Crippen LogP contribution in [0.25, 0.3) is 0 Å². The lowest BCUT2D eigenvalue weighted by Crippen LogP contribution is -2.46. The molecule has 0 aromatic heterocycles. The Bertz CT molecular complexity index is 588. The maximum atomic E-state index is 12.4. The highest BCUT2D eigenvalue weighted by Gasteiger charge is 2.20. The van der Waals surface area contributed by atoms with Crippen LogP contribution in [0, 0.1) is 5.92 Å². The van der Waals surface area contributed by atoms with E-state index in [-0.39, 0.29) is 30.6 Å². The van der Waals surface area contributed by atoms with E-state index in [0.717, 1.165) is 64.2 Å². The van der Waals surface area contributed by atoms with Crippen LogP contribution in [0.2, 0.25) is 0 Å². The molecule has 198 valence electrons. The SMILES string of the molecule is NCC[C@H](CCCCNC(=O)CCCCCCCCCCC(=O)O)C(=O)CN[C@@H](CO)C(N)=O. The molecule has 0 fully saturated rings. The normalized spacial score (nSPS) is 12.8. The molecule has 0 saturated carbocycles. The number of aliphatic carboxylic acids is 1. The van der Waals surface area contributed by atoms with Gasteiger partial charge in [-0.2, -0.15) is 0 Å². The van der Waals surface area contributed by atoms with Crippen LogP contribution in [0.5, 0.6) is 0 Å². The molecule has 0 radical (unpaired) electrons. The van der Waals surface area contributed by atoms with Crippen molar-refractivity contribution in [3.8, 4) is 0 Å². The predicted octanol–water partition coefficient (Wildman–Crippen LogP) is 1.23. The number of hydrogen-bond acceptors (Lipinski definition) is 7. The predicted molar refractivity (Wildman–Crippen MR) is 131 cm³/mol. The number of carboxylic acid groups (broad SMARTS) is 1. The number of primary amides is 1. The van der Waals surface area contributed by atoms with Gasteiger partial charge in [-0.05, 0) is 38.6 Å². The van der Waals surface area contributed by atoms with Crippen molar-refractivity contribution >= 4 is 23.6 Å². The van der Waals surface area contributed by atoms with Gasteiger partial charge in [0.05, 0.1) is 13.2 Å². The standard InChI is InChI=1S/C24H46N4O6/c25-15-14-19(21(30)17-28-20(18-29)24(26)34)11-9-10-16-27-22(31)12-7-5-3-1-2-4-6-8-13-23(32)33/h19-20,28-29H,1-18,25H2,(H2,26,34)(H,27,31)(H,32,33)/t19-,20-/m0/s1. The largest absolute Gasteiger partial charge is 0.481 e. The molecule has 0 unspecified atom stereocenters. The molecule has 0 aliphatic heterocycles. The van der Waals surface area contributed by atoms with Gasteiger partial charge in [-0.1, -0.05) is 44.9 Å². The van der Waals surface area contributed by atoms with Gasteiger partial charge < -0.3 is 27.0 Å². The minimum atomic E-state index is -0.937. The first-order chi connectivity index (χ1) is 16.3. The van der Waals surface area contributed by atoms with E-state index >= 15 is 0 Å². The summed E-state index contributed by atoms with van der Waals surface area (Å²) in [6, 6.07) is -0.937. The van der Waals surface area contributed by atoms with E-state index in [9.17, 15) is 19.2 Å². The zero-order valence-corrected chi connectivity index (χ0v) is 20.6. The first-order valence-corrected chi connectivity index (χ1v) is 12.7. The molecular weight excluding hydrogens is 440 g/mol. The fourth-order valence-corrected chi connectivity index (χ4v) is 3.75. The Kier molecular flexibility index (Phi) is 20.2. The first-order valence-electron chi connectivity index (χ1n) is 12.7. The molecule has 0 bridgehead atoms. The van der Waals surface area contributed by atoms with E-state index in [4.69, 9.17) is 21.7 Å². The lowest BCUT2D eigenvalue weighted by molar-refractivity contribution is -0.137. The van der Waals surface area contributed by atoms with E-state index in [0.29, 0.717) is 32.4 Å². The summed E-state index contributed by atoms with van der Waals surface area (Å²) in [5.74, 6) is -1.67. The number of unbranched alkanes of at least 4 members (excludes halogenated alkanes) is 8. The number of aliphatic hydroxyl groups excluding tert-OH is 1. The van der Waals surface area contributed by atoms with Crippen molar-refractivity contribution in [1.82, 2.24) is 10.6 Å². The number of carbonyl (C=O) groups is 4. The van der Waals surface area contributed by atoms with Crippen LogP contribution < -0.4 is 22.1 Å². The highest BCUT2D eigenvalue weighted by Crippen LogP contribution is 2.14. The zero-order chi connectivity index (χ0) is 25.6. The average molecular weight is 487 g/mol. The molecule has 10 nitrogen and oxygen atoms in total. The van der Waals surface area contributed by atoms with Crippen molar-refractivity contribution in [2.45, 2.75) is 95.9 Å². The third-order valence-electron chi connectivity index (χ3n) is 5.87. The van der Waals surface area contributed by atoms with Crippen molar-refractivity contribution in [3.05, 3.63) is 0 Å². The number of nitrogens with two attached hydrogens (primary N) is 2. The number of Topliss-reactive ketones (excluding diaryl/α,β-unsaturated/α-hetero) is 1. The number of nitrogens with one attached hydrogen (secondary N) is 2.